The van der Waals surface area contributed by atoms with E-state index in [1.165, 1.54) is 0 Å². The average molecular weight is 259 g/mol. The Hall–Kier alpha value is -1.46. The zero-order valence-electron chi connectivity index (χ0n) is 9.66. The number of carboxylic acid groups (broad SMARTS) is 1. The van der Waals surface area contributed by atoms with Gasteiger partial charge in [-0.05, 0) is 24.6 Å². The lowest BCUT2D eigenvalue weighted by molar-refractivity contribution is -0.138. The van der Waals surface area contributed by atoms with Gasteiger partial charge in [0, 0.05) is 11.6 Å². The van der Waals surface area contributed by atoms with Gasteiger partial charge in [0.15, 0.2) is 0 Å². The smallest absolute Gasteiger partial charge is 0.322 e. The summed E-state index contributed by atoms with van der Waals surface area (Å²) < 4.78 is 5.21. The molecule has 0 saturated carbocycles. The number of anilines is 1. The SMILES string of the molecule is COc1c(C)cc(Cl)cc1NCC(N)C(=O)O. The fourth-order valence-corrected chi connectivity index (χ4v) is 1.71. The van der Waals surface area contributed by atoms with Gasteiger partial charge in [0.1, 0.15) is 11.8 Å². The molecule has 1 atom stereocenters. The molecule has 17 heavy (non-hydrogen) atoms. The molecule has 0 aliphatic heterocycles. The maximum Gasteiger partial charge on any atom is 0.322 e. The van der Waals surface area contributed by atoms with Gasteiger partial charge >= 0.3 is 5.97 Å². The molecule has 0 heterocycles. The number of hydrogen-bond acceptors (Lipinski definition) is 4. The van der Waals surface area contributed by atoms with Crippen molar-refractivity contribution in [3.05, 3.63) is 22.7 Å². The zero-order valence-corrected chi connectivity index (χ0v) is 10.4. The molecule has 0 fully saturated rings. The predicted molar refractivity (Wildman–Crippen MR) is 66.8 cm³/mol. The fourth-order valence-electron chi connectivity index (χ4n) is 1.44. The van der Waals surface area contributed by atoms with E-state index < -0.39 is 12.0 Å². The molecular formula is C11H15ClN2O3. The molecule has 1 unspecified atom stereocenters. The van der Waals surface area contributed by atoms with E-state index in [0.717, 1.165) is 5.56 Å². The van der Waals surface area contributed by atoms with Crippen LogP contribution in [0.5, 0.6) is 5.75 Å². The number of hydrogen-bond donors (Lipinski definition) is 3. The third kappa shape index (κ3) is 3.51. The molecule has 1 aromatic carbocycles. The van der Waals surface area contributed by atoms with Crippen molar-refractivity contribution < 1.29 is 14.6 Å². The van der Waals surface area contributed by atoms with Crippen LogP contribution < -0.4 is 15.8 Å². The number of rotatable bonds is 5. The van der Waals surface area contributed by atoms with Crippen LogP contribution in [0.2, 0.25) is 5.02 Å². The van der Waals surface area contributed by atoms with Crippen molar-refractivity contribution in [1.29, 1.82) is 0 Å². The van der Waals surface area contributed by atoms with E-state index in [2.05, 4.69) is 5.32 Å². The molecule has 0 aliphatic carbocycles. The van der Waals surface area contributed by atoms with E-state index in [4.69, 9.17) is 27.2 Å². The minimum Gasteiger partial charge on any atom is -0.494 e. The number of aryl methyl sites for hydroxylation is 1. The van der Waals surface area contributed by atoms with E-state index in [1.807, 2.05) is 6.92 Å². The van der Waals surface area contributed by atoms with Crippen molar-refractivity contribution in [2.45, 2.75) is 13.0 Å². The number of nitrogens with two attached hydrogens (primary N) is 1. The molecule has 0 aromatic heterocycles. The fraction of sp³-hybridized carbons (Fsp3) is 0.364. The lowest BCUT2D eigenvalue weighted by Crippen LogP contribution is -2.37. The molecule has 94 valence electrons. The lowest BCUT2D eigenvalue weighted by Gasteiger charge is -2.15. The second kappa shape index (κ2) is 5.75. The molecular weight excluding hydrogens is 244 g/mol. The lowest BCUT2D eigenvalue weighted by atomic mass is 10.2. The largest absolute Gasteiger partial charge is 0.494 e. The number of aliphatic carboxylic acids is 1. The highest BCUT2D eigenvalue weighted by Gasteiger charge is 2.13. The molecule has 0 spiro atoms. The quantitative estimate of drug-likeness (QED) is 0.745. The summed E-state index contributed by atoms with van der Waals surface area (Å²) in [5.41, 5.74) is 6.90. The van der Waals surface area contributed by atoms with Crippen molar-refractivity contribution in [3.63, 3.8) is 0 Å². The topological polar surface area (TPSA) is 84.6 Å². The van der Waals surface area contributed by atoms with Gasteiger partial charge in [-0.25, -0.2) is 0 Å². The molecule has 0 radical (unpaired) electrons. The van der Waals surface area contributed by atoms with Crippen LogP contribution in [0.4, 0.5) is 5.69 Å². The first-order valence-electron chi connectivity index (χ1n) is 5.02. The Morgan fingerprint density at radius 2 is 2.29 bits per heavy atom. The van der Waals surface area contributed by atoms with Gasteiger partial charge in [0.05, 0.1) is 12.8 Å². The minimum absolute atomic E-state index is 0.103. The van der Waals surface area contributed by atoms with Gasteiger partial charge < -0.3 is 20.9 Å². The van der Waals surface area contributed by atoms with Crippen LogP contribution >= 0.6 is 11.6 Å². The van der Waals surface area contributed by atoms with E-state index in [9.17, 15) is 4.79 Å². The number of nitrogens with one attached hydrogen (secondary N) is 1. The number of carboxylic acids is 1. The van der Waals surface area contributed by atoms with Crippen LogP contribution in [0.15, 0.2) is 12.1 Å². The Balaban J connectivity index is 2.86. The van der Waals surface area contributed by atoms with Gasteiger partial charge in [0.2, 0.25) is 0 Å². The van der Waals surface area contributed by atoms with Crippen LogP contribution in [-0.4, -0.2) is 30.8 Å². The number of carbonyl (C=O) groups is 1. The summed E-state index contributed by atoms with van der Waals surface area (Å²) in [6, 6.07) is 2.46. The third-order valence-corrected chi connectivity index (χ3v) is 2.49. The zero-order chi connectivity index (χ0) is 13.0. The molecule has 1 rings (SSSR count). The molecule has 0 amide bonds. The number of benzene rings is 1. The predicted octanol–water partition coefficient (Wildman–Crippen LogP) is 1.48. The average Bonchev–Trinajstić information content (AvgIpc) is 2.24. The molecule has 1 aromatic rings. The van der Waals surface area contributed by atoms with Crippen LogP contribution in [0.1, 0.15) is 5.56 Å². The number of halogens is 1. The monoisotopic (exact) mass is 258 g/mol. The van der Waals surface area contributed by atoms with Gasteiger partial charge in [0.25, 0.3) is 0 Å². The highest BCUT2D eigenvalue weighted by Crippen LogP contribution is 2.31. The molecule has 6 heteroatoms. The van der Waals surface area contributed by atoms with Crippen molar-refractivity contribution >= 4 is 23.3 Å². The Kier molecular flexibility index (Phi) is 4.60. The standard InChI is InChI=1S/C11H15ClN2O3/c1-6-3-7(12)4-9(10(6)17-2)14-5-8(13)11(15)16/h3-4,8,14H,5,13H2,1-2H3,(H,15,16). The molecule has 0 bridgehead atoms. The van der Waals surface area contributed by atoms with Crippen molar-refractivity contribution in [1.82, 2.24) is 0 Å². The van der Waals surface area contributed by atoms with E-state index >= 15 is 0 Å². The van der Waals surface area contributed by atoms with Crippen molar-refractivity contribution in [2.75, 3.05) is 19.0 Å². The van der Waals surface area contributed by atoms with E-state index in [0.29, 0.717) is 16.5 Å². The van der Waals surface area contributed by atoms with Crippen LogP contribution in [0, 0.1) is 6.92 Å². The highest BCUT2D eigenvalue weighted by atomic mass is 35.5. The summed E-state index contributed by atoms with van der Waals surface area (Å²) in [4.78, 5) is 10.6. The van der Waals surface area contributed by atoms with Crippen LogP contribution in [0.25, 0.3) is 0 Å². The third-order valence-electron chi connectivity index (χ3n) is 2.27. The molecule has 0 aliphatic rings. The summed E-state index contributed by atoms with van der Waals surface area (Å²) in [5, 5.41) is 12.1. The first kappa shape index (κ1) is 13.6. The number of methoxy groups -OCH3 is 1. The summed E-state index contributed by atoms with van der Waals surface area (Å²) in [6.45, 7) is 1.96. The van der Waals surface area contributed by atoms with E-state index in [-0.39, 0.29) is 6.54 Å². The molecule has 0 saturated heterocycles. The van der Waals surface area contributed by atoms with E-state index in [1.54, 1.807) is 19.2 Å². The minimum atomic E-state index is -1.06. The Morgan fingerprint density at radius 3 is 2.82 bits per heavy atom. The van der Waals surface area contributed by atoms with Gasteiger partial charge in [-0.15, -0.1) is 0 Å². The van der Waals surface area contributed by atoms with Gasteiger partial charge in [-0.2, -0.15) is 0 Å². The van der Waals surface area contributed by atoms with Gasteiger partial charge in [-0.3, -0.25) is 4.79 Å². The number of ether oxygens (including phenoxy) is 1. The van der Waals surface area contributed by atoms with Crippen molar-refractivity contribution in [2.24, 2.45) is 5.73 Å². The second-order valence-corrected chi connectivity index (χ2v) is 4.07. The first-order valence-corrected chi connectivity index (χ1v) is 5.40. The summed E-state index contributed by atoms with van der Waals surface area (Å²) >= 11 is 5.91. The maximum absolute atomic E-state index is 10.6. The summed E-state index contributed by atoms with van der Waals surface area (Å²) in [6.07, 6.45) is 0. The first-order chi connectivity index (χ1) is 7.95. The van der Waals surface area contributed by atoms with Crippen LogP contribution in [0.3, 0.4) is 0 Å². The summed E-state index contributed by atoms with van der Waals surface area (Å²) in [7, 11) is 1.54. The highest BCUT2D eigenvalue weighted by molar-refractivity contribution is 6.31. The van der Waals surface area contributed by atoms with Crippen LogP contribution in [-0.2, 0) is 4.79 Å². The second-order valence-electron chi connectivity index (χ2n) is 3.63. The Labute approximate surface area is 105 Å². The molecule has 5 nitrogen and oxygen atoms in total. The van der Waals surface area contributed by atoms with Gasteiger partial charge in [-0.1, -0.05) is 11.6 Å². The van der Waals surface area contributed by atoms with Crippen molar-refractivity contribution in [3.8, 4) is 5.75 Å². The maximum atomic E-state index is 10.6. The normalized spacial score (nSPS) is 12.0. The molecule has 4 N–H and O–H groups in total. The Morgan fingerprint density at radius 1 is 1.65 bits per heavy atom. The summed E-state index contributed by atoms with van der Waals surface area (Å²) in [5.74, 6) is -0.429. The Bertz CT molecular complexity index is 423.